The maximum atomic E-state index is 11.4. The smallest absolute Gasteiger partial charge is 0.248 e. The van der Waals surface area contributed by atoms with Crippen molar-refractivity contribution in [1.82, 2.24) is 10.2 Å². The van der Waals surface area contributed by atoms with E-state index in [9.17, 15) is 9.59 Å². The lowest BCUT2D eigenvalue weighted by atomic mass is 10.1. The van der Waals surface area contributed by atoms with E-state index in [1.54, 1.807) is 11.9 Å². The van der Waals surface area contributed by atoms with E-state index in [1.165, 1.54) is 6.92 Å². The second-order valence-corrected chi connectivity index (χ2v) is 3.32. The highest BCUT2D eigenvalue weighted by Crippen LogP contribution is 2.15. The van der Waals surface area contributed by atoms with Crippen molar-refractivity contribution in [1.29, 1.82) is 0 Å². The number of hydrogen-bond acceptors (Lipinski definition) is 2. The van der Waals surface area contributed by atoms with Gasteiger partial charge in [0.25, 0.3) is 0 Å². The molecule has 74 valence electrons. The van der Waals surface area contributed by atoms with Gasteiger partial charge in [-0.2, -0.15) is 0 Å². The zero-order chi connectivity index (χ0) is 10.0. The topological polar surface area (TPSA) is 77.1 Å². The molecule has 1 fully saturated rings. The van der Waals surface area contributed by atoms with E-state index in [1.807, 2.05) is 0 Å². The van der Waals surface area contributed by atoms with E-state index in [0.717, 1.165) is 6.42 Å². The quantitative estimate of drug-likeness (QED) is 0.495. The number of quaternary nitrogens is 1. The molecular formula is C8H16N3O2+. The molecule has 5 nitrogen and oxygen atoms in total. The van der Waals surface area contributed by atoms with Crippen LogP contribution in [-0.2, 0) is 9.59 Å². The first kappa shape index (κ1) is 9.98. The van der Waals surface area contributed by atoms with Crippen LogP contribution in [0.4, 0.5) is 0 Å². The largest absolute Gasteiger partial charge is 0.357 e. The van der Waals surface area contributed by atoms with Gasteiger partial charge < -0.3 is 16.0 Å². The van der Waals surface area contributed by atoms with E-state index in [-0.39, 0.29) is 23.9 Å². The molecule has 1 rings (SSSR count). The lowest BCUT2D eigenvalue weighted by Gasteiger charge is -2.22. The van der Waals surface area contributed by atoms with Crippen LogP contribution in [0.25, 0.3) is 0 Å². The number of amides is 2. The van der Waals surface area contributed by atoms with E-state index >= 15 is 0 Å². The van der Waals surface area contributed by atoms with Gasteiger partial charge in [-0.3, -0.25) is 9.59 Å². The first-order valence-corrected chi connectivity index (χ1v) is 4.39. The van der Waals surface area contributed by atoms with E-state index < -0.39 is 0 Å². The molecule has 4 N–H and O–H groups in total. The van der Waals surface area contributed by atoms with E-state index in [0.29, 0.717) is 6.54 Å². The summed E-state index contributed by atoms with van der Waals surface area (Å²) >= 11 is 0. The summed E-state index contributed by atoms with van der Waals surface area (Å²) in [6, 6.07) is -0.355. The van der Waals surface area contributed by atoms with Crippen molar-refractivity contribution in [3.63, 3.8) is 0 Å². The number of carbonyl (C=O) groups excluding carboxylic acids is 2. The summed E-state index contributed by atoms with van der Waals surface area (Å²) < 4.78 is 0. The van der Waals surface area contributed by atoms with Gasteiger partial charge in [0, 0.05) is 26.9 Å². The molecular weight excluding hydrogens is 170 g/mol. The molecule has 13 heavy (non-hydrogen) atoms. The molecule has 1 aliphatic heterocycles. The minimum absolute atomic E-state index is 0.0175. The van der Waals surface area contributed by atoms with Crippen molar-refractivity contribution in [3.05, 3.63) is 0 Å². The van der Waals surface area contributed by atoms with Gasteiger partial charge in [-0.1, -0.05) is 0 Å². The van der Waals surface area contributed by atoms with Crippen molar-refractivity contribution in [2.24, 2.45) is 0 Å². The molecule has 2 atom stereocenters. The zero-order valence-corrected chi connectivity index (χ0v) is 8.04. The normalized spacial score (nSPS) is 27.5. The zero-order valence-electron chi connectivity index (χ0n) is 8.04. The number of rotatable bonds is 1. The van der Waals surface area contributed by atoms with Gasteiger partial charge in [0.2, 0.25) is 11.8 Å². The highest BCUT2D eigenvalue weighted by atomic mass is 16.2. The predicted octanol–water partition coefficient (Wildman–Crippen LogP) is -2.04. The molecule has 0 aromatic heterocycles. The molecule has 2 amide bonds. The first-order valence-electron chi connectivity index (χ1n) is 4.39. The average molecular weight is 186 g/mol. The predicted molar refractivity (Wildman–Crippen MR) is 46.5 cm³/mol. The Morgan fingerprint density at radius 1 is 1.54 bits per heavy atom. The van der Waals surface area contributed by atoms with Gasteiger partial charge in [-0.05, 0) is 0 Å². The Morgan fingerprint density at radius 3 is 2.62 bits per heavy atom. The van der Waals surface area contributed by atoms with E-state index in [4.69, 9.17) is 0 Å². The number of likely N-dealkylation sites (tertiary alicyclic amines) is 1. The number of hydrogen-bond donors (Lipinski definition) is 2. The summed E-state index contributed by atoms with van der Waals surface area (Å²) in [6.07, 6.45) is 0.803. The summed E-state index contributed by atoms with van der Waals surface area (Å²) in [5, 5.41) is 2.55. The third kappa shape index (κ3) is 1.80. The minimum atomic E-state index is -0.373. The van der Waals surface area contributed by atoms with Crippen LogP contribution in [0.2, 0.25) is 0 Å². The van der Waals surface area contributed by atoms with Gasteiger partial charge in [-0.15, -0.1) is 0 Å². The van der Waals surface area contributed by atoms with Crippen LogP contribution in [0.3, 0.4) is 0 Å². The maximum absolute atomic E-state index is 11.4. The lowest BCUT2D eigenvalue weighted by molar-refractivity contribution is -0.419. The van der Waals surface area contributed by atoms with Crippen molar-refractivity contribution < 1.29 is 15.3 Å². The Bertz CT molecular complexity index is 229. The average Bonchev–Trinajstić information content (AvgIpc) is 2.46. The SMILES string of the molecule is CNC(=O)[C@@H]1[C@@H]([NH3+])CCN1C(C)=O. The Hall–Kier alpha value is -1.10. The Labute approximate surface area is 77.3 Å². The van der Waals surface area contributed by atoms with Crippen LogP contribution in [0.5, 0.6) is 0 Å². The fourth-order valence-electron chi connectivity index (χ4n) is 1.71. The highest BCUT2D eigenvalue weighted by Gasteiger charge is 2.40. The summed E-state index contributed by atoms with van der Waals surface area (Å²) in [7, 11) is 1.58. The fourth-order valence-corrected chi connectivity index (χ4v) is 1.71. The standard InChI is InChI=1S/C8H15N3O2/c1-5(12)11-4-3-6(9)7(11)8(13)10-2/h6-7H,3-4,9H2,1-2H3,(H,10,13)/p+1/t6-,7-/m0/s1. The molecule has 0 spiro atoms. The van der Waals surface area contributed by atoms with Crippen LogP contribution in [0.15, 0.2) is 0 Å². The Morgan fingerprint density at radius 2 is 2.15 bits per heavy atom. The van der Waals surface area contributed by atoms with Crippen molar-refractivity contribution in [2.75, 3.05) is 13.6 Å². The molecule has 0 radical (unpaired) electrons. The van der Waals surface area contributed by atoms with Crippen LogP contribution >= 0.6 is 0 Å². The molecule has 1 aliphatic rings. The van der Waals surface area contributed by atoms with Gasteiger partial charge in [0.05, 0.1) is 0 Å². The second kappa shape index (κ2) is 3.74. The number of nitrogens with zero attached hydrogens (tertiary/aromatic N) is 1. The van der Waals surface area contributed by atoms with Crippen molar-refractivity contribution >= 4 is 11.8 Å². The fraction of sp³-hybridized carbons (Fsp3) is 0.750. The Kier molecular flexibility index (Phi) is 2.87. The second-order valence-electron chi connectivity index (χ2n) is 3.32. The third-order valence-corrected chi connectivity index (χ3v) is 2.44. The molecule has 0 aliphatic carbocycles. The summed E-state index contributed by atoms with van der Waals surface area (Å²) in [6.45, 7) is 2.12. The highest BCUT2D eigenvalue weighted by molar-refractivity contribution is 5.87. The third-order valence-electron chi connectivity index (χ3n) is 2.44. The first-order chi connectivity index (χ1) is 6.07. The number of carbonyl (C=O) groups is 2. The Balaban J connectivity index is 2.76. The van der Waals surface area contributed by atoms with Crippen LogP contribution in [0, 0.1) is 0 Å². The molecule has 0 bridgehead atoms. The van der Waals surface area contributed by atoms with Gasteiger partial charge in [0.1, 0.15) is 6.04 Å². The summed E-state index contributed by atoms with van der Waals surface area (Å²) in [5.41, 5.74) is 3.87. The molecule has 1 heterocycles. The number of nitrogens with one attached hydrogen (secondary N) is 1. The van der Waals surface area contributed by atoms with Crippen LogP contribution in [0.1, 0.15) is 13.3 Å². The summed E-state index contributed by atoms with van der Waals surface area (Å²) in [4.78, 5) is 24.1. The maximum Gasteiger partial charge on any atom is 0.248 e. The molecule has 0 saturated carbocycles. The monoisotopic (exact) mass is 186 g/mol. The van der Waals surface area contributed by atoms with Crippen molar-refractivity contribution in [2.45, 2.75) is 25.4 Å². The van der Waals surface area contributed by atoms with Gasteiger partial charge >= 0.3 is 0 Å². The van der Waals surface area contributed by atoms with E-state index in [2.05, 4.69) is 11.1 Å². The van der Waals surface area contributed by atoms with Gasteiger partial charge in [0.15, 0.2) is 6.04 Å². The van der Waals surface area contributed by atoms with Crippen molar-refractivity contribution in [3.8, 4) is 0 Å². The number of likely N-dealkylation sites (N-methyl/N-ethyl adjacent to an activating group) is 1. The molecule has 5 heteroatoms. The molecule has 0 aromatic rings. The van der Waals surface area contributed by atoms with Gasteiger partial charge in [-0.25, -0.2) is 0 Å². The molecule has 0 unspecified atom stereocenters. The lowest BCUT2D eigenvalue weighted by Crippen LogP contribution is -2.69. The summed E-state index contributed by atoms with van der Waals surface area (Å²) in [5.74, 6) is -0.174. The molecule has 0 aromatic carbocycles. The minimum Gasteiger partial charge on any atom is -0.357 e. The van der Waals surface area contributed by atoms with Crippen LogP contribution < -0.4 is 11.1 Å². The molecule has 1 saturated heterocycles. The van der Waals surface area contributed by atoms with Crippen LogP contribution in [-0.4, -0.2) is 42.4 Å².